The van der Waals surface area contributed by atoms with Gasteiger partial charge in [0, 0.05) is 10.0 Å². The predicted octanol–water partition coefficient (Wildman–Crippen LogP) is 2.26. The number of nitrogens with two attached hydrogens (primary N) is 1. The van der Waals surface area contributed by atoms with E-state index in [1.54, 1.807) is 0 Å². The highest BCUT2D eigenvalue weighted by atomic mass is 79.9. The molecule has 1 atom stereocenters. The van der Waals surface area contributed by atoms with Gasteiger partial charge >= 0.3 is 0 Å². The minimum Gasteiger partial charge on any atom is -0.505 e. The monoisotopic (exact) mass is 251 g/mol. The van der Waals surface area contributed by atoms with Crippen molar-refractivity contribution >= 4 is 15.9 Å². The average Bonchev–Trinajstić information content (AvgIpc) is 2.10. The van der Waals surface area contributed by atoms with Gasteiger partial charge in [-0.25, -0.2) is 8.78 Å². The van der Waals surface area contributed by atoms with Gasteiger partial charge in [-0.05, 0) is 12.1 Å². The van der Waals surface area contributed by atoms with E-state index in [4.69, 9.17) is 5.73 Å². The van der Waals surface area contributed by atoms with Crippen molar-refractivity contribution in [3.8, 4) is 5.75 Å². The van der Waals surface area contributed by atoms with Gasteiger partial charge in [0.1, 0.15) is 6.67 Å². The maximum Gasteiger partial charge on any atom is 0.166 e. The fraction of sp³-hybridized carbons (Fsp3) is 0.250. The first-order chi connectivity index (χ1) is 6.06. The lowest BCUT2D eigenvalue weighted by atomic mass is 10.1. The topological polar surface area (TPSA) is 46.2 Å². The molecular formula is C8H8BrF2NO. The number of rotatable bonds is 2. The van der Waals surface area contributed by atoms with E-state index in [-0.39, 0.29) is 5.56 Å². The van der Waals surface area contributed by atoms with Crippen molar-refractivity contribution in [2.75, 3.05) is 6.67 Å². The van der Waals surface area contributed by atoms with Crippen LogP contribution < -0.4 is 5.73 Å². The Balaban J connectivity index is 3.20. The number of hydrogen-bond acceptors (Lipinski definition) is 2. The Morgan fingerprint density at radius 2 is 2.15 bits per heavy atom. The lowest BCUT2D eigenvalue weighted by Gasteiger charge is -2.10. The van der Waals surface area contributed by atoms with Crippen LogP contribution in [0.4, 0.5) is 8.78 Å². The van der Waals surface area contributed by atoms with Gasteiger partial charge in [-0.2, -0.15) is 0 Å². The number of phenolic OH excluding ortho intramolecular Hbond substituents is 1. The fourth-order valence-electron chi connectivity index (χ4n) is 0.952. The van der Waals surface area contributed by atoms with Gasteiger partial charge in [-0.3, -0.25) is 0 Å². The number of halogens is 3. The molecule has 1 rings (SSSR count). The van der Waals surface area contributed by atoms with E-state index in [0.29, 0.717) is 4.47 Å². The molecule has 13 heavy (non-hydrogen) atoms. The molecule has 0 saturated heterocycles. The van der Waals surface area contributed by atoms with Crippen molar-refractivity contribution in [3.63, 3.8) is 0 Å². The molecule has 0 unspecified atom stereocenters. The van der Waals surface area contributed by atoms with E-state index in [0.717, 1.165) is 6.07 Å². The molecule has 0 amide bonds. The van der Waals surface area contributed by atoms with E-state index in [2.05, 4.69) is 15.9 Å². The van der Waals surface area contributed by atoms with Gasteiger partial charge in [-0.1, -0.05) is 15.9 Å². The fourth-order valence-corrected chi connectivity index (χ4v) is 1.40. The van der Waals surface area contributed by atoms with Gasteiger partial charge in [0.25, 0.3) is 0 Å². The summed E-state index contributed by atoms with van der Waals surface area (Å²) in [5, 5.41) is 9.18. The van der Waals surface area contributed by atoms with Crippen LogP contribution in [-0.2, 0) is 0 Å². The second kappa shape index (κ2) is 4.02. The molecule has 1 aromatic carbocycles. The highest BCUT2D eigenvalue weighted by Crippen LogP contribution is 2.29. The van der Waals surface area contributed by atoms with Gasteiger partial charge in [0.05, 0.1) is 6.04 Å². The first-order valence-corrected chi connectivity index (χ1v) is 4.35. The molecule has 0 saturated carbocycles. The zero-order valence-corrected chi connectivity index (χ0v) is 8.18. The van der Waals surface area contributed by atoms with E-state index < -0.39 is 24.3 Å². The molecule has 0 aliphatic heterocycles. The van der Waals surface area contributed by atoms with Gasteiger partial charge < -0.3 is 10.8 Å². The summed E-state index contributed by atoms with van der Waals surface area (Å²) in [7, 11) is 0. The first kappa shape index (κ1) is 10.4. The summed E-state index contributed by atoms with van der Waals surface area (Å²) in [6, 6.07) is 1.49. The summed E-state index contributed by atoms with van der Waals surface area (Å²) < 4.78 is 25.4. The van der Waals surface area contributed by atoms with E-state index in [9.17, 15) is 13.9 Å². The molecule has 0 radical (unpaired) electrons. The van der Waals surface area contributed by atoms with Crippen LogP contribution in [0, 0.1) is 5.82 Å². The van der Waals surface area contributed by atoms with Crippen LogP contribution in [-0.4, -0.2) is 11.8 Å². The smallest absolute Gasteiger partial charge is 0.166 e. The van der Waals surface area contributed by atoms with Crippen LogP contribution in [0.1, 0.15) is 11.6 Å². The van der Waals surface area contributed by atoms with Gasteiger partial charge in [-0.15, -0.1) is 0 Å². The Morgan fingerprint density at radius 3 is 2.69 bits per heavy atom. The molecule has 1 aromatic rings. The average molecular weight is 252 g/mol. The minimum atomic E-state index is -0.994. The van der Waals surface area contributed by atoms with Crippen molar-refractivity contribution in [1.82, 2.24) is 0 Å². The molecule has 3 N–H and O–H groups in total. The molecule has 0 heterocycles. The Bertz CT molecular complexity index is 319. The maximum atomic E-state index is 12.9. The quantitative estimate of drug-likeness (QED) is 0.847. The molecule has 0 aromatic heterocycles. The zero-order valence-electron chi connectivity index (χ0n) is 6.60. The third-order valence-electron chi connectivity index (χ3n) is 1.62. The highest BCUT2D eigenvalue weighted by molar-refractivity contribution is 9.10. The van der Waals surface area contributed by atoms with E-state index >= 15 is 0 Å². The normalized spacial score (nSPS) is 12.9. The summed E-state index contributed by atoms with van der Waals surface area (Å²) in [5.74, 6) is -1.40. The summed E-state index contributed by atoms with van der Waals surface area (Å²) in [4.78, 5) is 0. The van der Waals surface area contributed by atoms with Crippen LogP contribution in [0.2, 0.25) is 0 Å². The second-order valence-electron chi connectivity index (χ2n) is 2.59. The molecule has 2 nitrogen and oxygen atoms in total. The van der Waals surface area contributed by atoms with Crippen LogP contribution in [0.3, 0.4) is 0 Å². The number of phenols is 1. The first-order valence-electron chi connectivity index (χ1n) is 3.55. The number of aromatic hydroxyl groups is 1. The van der Waals surface area contributed by atoms with Crippen LogP contribution in [0.5, 0.6) is 5.75 Å². The Morgan fingerprint density at radius 1 is 1.54 bits per heavy atom. The highest BCUT2D eigenvalue weighted by Gasteiger charge is 2.15. The maximum absolute atomic E-state index is 12.9. The molecule has 0 spiro atoms. The third kappa shape index (κ3) is 2.16. The van der Waals surface area contributed by atoms with E-state index in [1.165, 1.54) is 6.07 Å². The predicted molar refractivity (Wildman–Crippen MR) is 48.7 cm³/mol. The summed E-state index contributed by atoms with van der Waals surface area (Å²) in [6.45, 7) is -0.844. The molecule has 0 aliphatic rings. The Kier molecular flexibility index (Phi) is 3.22. The van der Waals surface area contributed by atoms with Crippen LogP contribution in [0.15, 0.2) is 16.6 Å². The second-order valence-corrected chi connectivity index (χ2v) is 3.50. The number of alkyl halides is 1. The zero-order chi connectivity index (χ0) is 10.0. The van der Waals surface area contributed by atoms with Gasteiger partial charge in [0.2, 0.25) is 0 Å². The van der Waals surface area contributed by atoms with Crippen molar-refractivity contribution in [2.45, 2.75) is 6.04 Å². The minimum absolute atomic E-state index is 0.0642. The largest absolute Gasteiger partial charge is 0.505 e. The summed E-state index contributed by atoms with van der Waals surface area (Å²) in [6.07, 6.45) is 0. The molecular weight excluding hydrogens is 244 g/mol. The SMILES string of the molecule is N[C@H](CF)c1cc(Br)cc(F)c1O. The Labute approximate surface area is 82.5 Å². The van der Waals surface area contributed by atoms with Crippen molar-refractivity contribution < 1.29 is 13.9 Å². The molecule has 0 aliphatic carbocycles. The lowest BCUT2D eigenvalue weighted by molar-refractivity contribution is 0.396. The lowest BCUT2D eigenvalue weighted by Crippen LogP contribution is -2.12. The van der Waals surface area contributed by atoms with Crippen molar-refractivity contribution in [2.24, 2.45) is 5.73 Å². The van der Waals surface area contributed by atoms with E-state index in [1.807, 2.05) is 0 Å². The molecule has 0 fully saturated rings. The summed E-state index contributed by atoms with van der Waals surface area (Å²) in [5.41, 5.74) is 5.37. The van der Waals surface area contributed by atoms with Crippen LogP contribution >= 0.6 is 15.9 Å². The molecule has 5 heteroatoms. The Hall–Kier alpha value is -0.680. The number of hydrogen-bond donors (Lipinski definition) is 2. The van der Waals surface area contributed by atoms with Crippen molar-refractivity contribution in [1.29, 1.82) is 0 Å². The van der Waals surface area contributed by atoms with Crippen LogP contribution in [0.25, 0.3) is 0 Å². The third-order valence-corrected chi connectivity index (χ3v) is 2.08. The molecule has 72 valence electrons. The number of benzene rings is 1. The standard InChI is InChI=1S/C8H8BrF2NO/c9-4-1-5(7(12)3-10)8(13)6(11)2-4/h1-2,7,13H,3,12H2/t7-/m1/s1. The van der Waals surface area contributed by atoms with Gasteiger partial charge in [0.15, 0.2) is 11.6 Å². The molecule has 0 bridgehead atoms. The van der Waals surface area contributed by atoms with Crippen molar-refractivity contribution in [3.05, 3.63) is 28.0 Å². The summed E-state index contributed by atoms with van der Waals surface area (Å²) >= 11 is 3.02.